The van der Waals surface area contributed by atoms with Gasteiger partial charge in [0, 0.05) is 29.8 Å². The van der Waals surface area contributed by atoms with Crippen LogP contribution in [0.2, 0.25) is 0 Å². The second-order valence-corrected chi connectivity index (χ2v) is 9.06. The van der Waals surface area contributed by atoms with Gasteiger partial charge in [-0.05, 0) is 43.4 Å². The minimum atomic E-state index is -0.235. The molecule has 7 heteroatoms. The van der Waals surface area contributed by atoms with Crippen LogP contribution in [0.15, 0.2) is 28.7 Å². The predicted molar refractivity (Wildman–Crippen MR) is 110 cm³/mol. The second-order valence-electron chi connectivity index (χ2n) is 8.14. The van der Waals surface area contributed by atoms with Gasteiger partial charge in [0.15, 0.2) is 0 Å². The summed E-state index contributed by atoms with van der Waals surface area (Å²) in [6.07, 6.45) is 4.56. The van der Waals surface area contributed by atoms with E-state index >= 15 is 0 Å². The van der Waals surface area contributed by atoms with Crippen molar-refractivity contribution in [2.75, 3.05) is 31.1 Å². The molecule has 0 spiro atoms. The first-order chi connectivity index (χ1) is 13.5. The number of rotatable bonds is 5. The minimum Gasteiger partial charge on any atom is -0.371 e. The zero-order valence-electron chi connectivity index (χ0n) is 15.9. The summed E-state index contributed by atoms with van der Waals surface area (Å²) >= 11 is 3.50. The Labute approximate surface area is 173 Å². The molecule has 3 amide bonds. The van der Waals surface area contributed by atoms with Gasteiger partial charge in [-0.3, -0.25) is 19.3 Å². The van der Waals surface area contributed by atoms with Gasteiger partial charge in [-0.25, -0.2) is 0 Å². The van der Waals surface area contributed by atoms with Crippen molar-refractivity contribution in [2.24, 2.45) is 17.8 Å². The van der Waals surface area contributed by atoms with Gasteiger partial charge in [0.1, 0.15) is 6.54 Å². The van der Waals surface area contributed by atoms with Gasteiger partial charge in [-0.2, -0.15) is 0 Å². The fourth-order valence-electron chi connectivity index (χ4n) is 4.75. The highest BCUT2D eigenvalue weighted by Crippen LogP contribution is 2.37. The Kier molecular flexibility index (Phi) is 5.71. The number of benzene rings is 1. The van der Waals surface area contributed by atoms with Crippen LogP contribution in [0.4, 0.5) is 5.69 Å². The van der Waals surface area contributed by atoms with Crippen LogP contribution in [0.3, 0.4) is 0 Å². The summed E-state index contributed by atoms with van der Waals surface area (Å²) < 4.78 is 1.06. The number of amides is 3. The van der Waals surface area contributed by atoms with Crippen molar-refractivity contribution in [3.63, 3.8) is 0 Å². The van der Waals surface area contributed by atoms with E-state index in [1.54, 1.807) is 0 Å². The average molecular weight is 448 g/mol. The van der Waals surface area contributed by atoms with E-state index in [0.717, 1.165) is 49.7 Å². The van der Waals surface area contributed by atoms with Crippen LogP contribution in [-0.4, -0.2) is 48.8 Å². The molecule has 0 unspecified atom stereocenters. The van der Waals surface area contributed by atoms with E-state index in [4.69, 9.17) is 0 Å². The average Bonchev–Trinajstić information content (AvgIpc) is 3.26. The van der Waals surface area contributed by atoms with Crippen LogP contribution in [0.25, 0.3) is 0 Å². The van der Waals surface area contributed by atoms with Crippen molar-refractivity contribution in [3.8, 4) is 0 Å². The van der Waals surface area contributed by atoms with Crippen LogP contribution in [0, 0.1) is 17.8 Å². The molecule has 1 N–H and O–H groups in total. The van der Waals surface area contributed by atoms with E-state index in [0.29, 0.717) is 12.5 Å². The van der Waals surface area contributed by atoms with Gasteiger partial charge in [-0.1, -0.05) is 34.8 Å². The Bertz CT molecular complexity index is 760. The van der Waals surface area contributed by atoms with Crippen molar-refractivity contribution in [1.82, 2.24) is 10.2 Å². The molecular formula is C21H26BrN3O3. The summed E-state index contributed by atoms with van der Waals surface area (Å²) in [6, 6.07) is 8.23. The Morgan fingerprint density at radius 2 is 1.82 bits per heavy atom. The number of anilines is 1. The van der Waals surface area contributed by atoms with Crippen molar-refractivity contribution < 1.29 is 14.4 Å². The number of nitrogens with one attached hydrogen (secondary N) is 1. The number of imide groups is 1. The first-order valence-corrected chi connectivity index (χ1v) is 10.9. The highest BCUT2D eigenvalue weighted by Gasteiger charge is 2.48. The molecule has 1 saturated carbocycles. The lowest BCUT2D eigenvalue weighted by Gasteiger charge is -2.19. The van der Waals surface area contributed by atoms with Gasteiger partial charge < -0.3 is 10.2 Å². The maximum atomic E-state index is 12.5. The van der Waals surface area contributed by atoms with Gasteiger partial charge in [0.25, 0.3) is 0 Å². The number of likely N-dealkylation sites (tertiary alicyclic amines) is 1. The Morgan fingerprint density at radius 1 is 1.11 bits per heavy atom. The summed E-state index contributed by atoms with van der Waals surface area (Å²) in [7, 11) is 0. The number of carbonyl (C=O) groups excluding carboxylic acids is 3. The molecule has 6 nitrogen and oxygen atoms in total. The molecule has 1 aliphatic carbocycles. The number of fused-ring (bicyclic) bond motifs is 1. The van der Waals surface area contributed by atoms with Crippen LogP contribution in [0.1, 0.15) is 32.1 Å². The highest BCUT2D eigenvalue weighted by molar-refractivity contribution is 9.10. The number of hydrogen-bond donors (Lipinski definition) is 1. The summed E-state index contributed by atoms with van der Waals surface area (Å²) in [4.78, 5) is 40.9. The molecule has 0 aromatic heterocycles. The monoisotopic (exact) mass is 447 g/mol. The summed E-state index contributed by atoms with van der Waals surface area (Å²) in [5, 5.41) is 2.94. The molecule has 0 bridgehead atoms. The van der Waals surface area contributed by atoms with Crippen LogP contribution < -0.4 is 10.2 Å². The van der Waals surface area contributed by atoms with Gasteiger partial charge >= 0.3 is 0 Å². The Morgan fingerprint density at radius 3 is 2.50 bits per heavy atom. The number of nitrogens with zero attached hydrogens (tertiary/aromatic N) is 2. The molecule has 3 fully saturated rings. The highest BCUT2D eigenvalue weighted by atomic mass is 79.9. The lowest BCUT2D eigenvalue weighted by atomic mass is 9.81. The zero-order chi connectivity index (χ0) is 19.7. The largest absolute Gasteiger partial charge is 0.371 e. The zero-order valence-corrected chi connectivity index (χ0v) is 17.5. The van der Waals surface area contributed by atoms with E-state index in [1.807, 2.05) is 12.1 Å². The maximum Gasteiger partial charge on any atom is 0.240 e. The van der Waals surface area contributed by atoms with Gasteiger partial charge in [0.2, 0.25) is 17.7 Å². The molecule has 28 heavy (non-hydrogen) atoms. The third-order valence-electron chi connectivity index (χ3n) is 6.28. The molecule has 1 aromatic carbocycles. The SMILES string of the molecule is O=C(CN1C(=O)[C@@H]2CCCC[C@H]2C1=O)NC[C@H]1CCN(c2cccc(Br)c2)C1. The fourth-order valence-corrected chi connectivity index (χ4v) is 5.14. The minimum absolute atomic E-state index is 0.132. The topological polar surface area (TPSA) is 69.7 Å². The quantitative estimate of drug-likeness (QED) is 0.704. The number of halogens is 1. The van der Waals surface area contributed by atoms with Crippen molar-refractivity contribution in [1.29, 1.82) is 0 Å². The smallest absolute Gasteiger partial charge is 0.240 e. The molecule has 2 heterocycles. The van der Waals surface area contributed by atoms with E-state index < -0.39 is 0 Å². The van der Waals surface area contributed by atoms with Crippen LogP contribution in [-0.2, 0) is 14.4 Å². The molecule has 150 valence electrons. The van der Waals surface area contributed by atoms with Crippen LogP contribution in [0.5, 0.6) is 0 Å². The molecule has 1 aromatic rings. The predicted octanol–water partition coefficient (Wildman–Crippen LogP) is 2.57. The first kappa shape index (κ1) is 19.4. The Hall–Kier alpha value is -1.89. The van der Waals surface area contributed by atoms with Crippen LogP contribution >= 0.6 is 15.9 Å². The molecule has 3 atom stereocenters. The maximum absolute atomic E-state index is 12.5. The van der Waals surface area contributed by atoms with E-state index in [1.165, 1.54) is 10.6 Å². The third-order valence-corrected chi connectivity index (χ3v) is 6.77. The Balaban J connectivity index is 1.26. The first-order valence-electron chi connectivity index (χ1n) is 10.2. The second kappa shape index (κ2) is 8.23. The molecule has 2 saturated heterocycles. The van der Waals surface area contributed by atoms with E-state index in [-0.39, 0.29) is 36.1 Å². The summed E-state index contributed by atoms with van der Waals surface area (Å²) in [6.45, 7) is 2.30. The molecule has 0 radical (unpaired) electrons. The molecule has 3 aliphatic rings. The summed E-state index contributed by atoms with van der Waals surface area (Å²) in [5.74, 6) is -0.542. The van der Waals surface area contributed by atoms with E-state index in [9.17, 15) is 14.4 Å². The number of hydrogen-bond acceptors (Lipinski definition) is 4. The van der Waals surface area contributed by atoms with E-state index in [2.05, 4.69) is 38.3 Å². The van der Waals surface area contributed by atoms with Crippen molar-refractivity contribution >= 4 is 39.3 Å². The normalized spacial score (nSPS) is 27.2. The van der Waals surface area contributed by atoms with Gasteiger partial charge in [-0.15, -0.1) is 0 Å². The lowest BCUT2D eigenvalue weighted by Crippen LogP contribution is -2.42. The number of carbonyl (C=O) groups is 3. The lowest BCUT2D eigenvalue weighted by molar-refractivity contribution is -0.143. The van der Waals surface area contributed by atoms with Gasteiger partial charge in [0.05, 0.1) is 11.8 Å². The molecular weight excluding hydrogens is 422 g/mol. The molecule has 4 rings (SSSR count). The van der Waals surface area contributed by atoms with Crippen molar-refractivity contribution in [3.05, 3.63) is 28.7 Å². The summed E-state index contributed by atoms with van der Waals surface area (Å²) in [5.41, 5.74) is 1.18. The standard InChI is InChI=1S/C21H26BrN3O3/c22-15-4-3-5-16(10-15)24-9-8-14(12-24)11-23-19(26)13-25-20(27)17-6-1-2-7-18(17)21(25)28/h3-5,10,14,17-18H,1-2,6-9,11-13H2,(H,23,26)/t14-,17-,18-/m1/s1. The third kappa shape index (κ3) is 3.95. The molecule has 2 aliphatic heterocycles. The fraction of sp³-hybridized carbons (Fsp3) is 0.571. The van der Waals surface area contributed by atoms with Crippen molar-refractivity contribution in [2.45, 2.75) is 32.1 Å².